The highest BCUT2D eigenvalue weighted by Gasteiger charge is 2.13. The molecule has 0 aliphatic rings. The van der Waals surface area contributed by atoms with Crippen molar-refractivity contribution in [2.24, 2.45) is 0 Å². The molecule has 0 saturated carbocycles. The summed E-state index contributed by atoms with van der Waals surface area (Å²) in [5, 5.41) is 11.2. The Balaban J connectivity index is 2.71. The van der Waals surface area contributed by atoms with Gasteiger partial charge >= 0.3 is 0 Å². The van der Waals surface area contributed by atoms with E-state index >= 15 is 0 Å². The molecular formula is C15H15N. The first-order valence-electron chi connectivity index (χ1n) is 5.46. The fourth-order valence-corrected chi connectivity index (χ4v) is 1.85. The number of hydrogen-bond donors (Lipinski definition) is 0. The van der Waals surface area contributed by atoms with Gasteiger partial charge in [0, 0.05) is 0 Å². The van der Waals surface area contributed by atoms with Crippen molar-refractivity contribution in [2.45, 2.75) is 26.2 Å². The minimum absolute atomic E-state index is 0.150. The summed E-state index contributed by atoms with van der Waals surface area (Å²) < 4.78 is 0. The SMILES string of the molecule is CC(C)(C)c1ccc2c(C#N)cccc2c1. The van der Waals surface area contributed by atoms with Crippen LogP contribution >= 0.6 is 0 Å². The van der Waals surface area contributed by atoms with E-state index in [1.54, 1.807) is 0 Å². The van der Waals surface area contributed by atoms with Crippen LogP contribution in [0.2, 0.25) is 0 Å². The van der Waals surface area contributed by atoms with Gasteiger partial charge in [-0.05, 0) is 27.8 Å². The Bertz CT molecular complexity index is 568. The molecule has 0 atom stereocenters. The monoisotopic (exact) mass is 209 g/mol. The van der Waals surface area contributed by atoms with Crippen LogP contribution in [0.3, 0.4) is 0 Å². The van der Waals surface area contributed by atoms with Gasteiger partial charge in [0.15, 0.2) is 0 Å². The molecule has 0 bridgehead atoms. The average molecular weight is 209 g/mol. The Morgan fingerprint density at radius 1 is 1.06 bits per heavy atom. The zero-order valence-electron chi connectivity index (χ0n) is 9.91. The van der Waals surface area contributed by atoms with Crippen LogP contribution in [-0.4, -0.2) is 0 Å². The van der Waals surface area contributed by atoms with Crippen molar-refractivity contribution in [3.05, 3.63) is 47.5 Å². The minimum Gasteiger partial charge on any atom is -0.192 e. The Labute approximate surface area is 96.3 Å². The summed E-state index contributed by atoms with van der Waals surface area (Å²) in [4.78, 5) is 0. The van der Waals surface area contributed by atoms with Gasteiger partial charge in [-0.25, -0.2) is 0 Å². The zero-order valence-corrected chi connectivity index (χ0v) is 9.91. The summed E-state index contributed by atoms with van der Waals surface area (Å²) in [7, 11) is 0. The van der Waals surface area contributed by atoms with Crippen molar-refractivity contribution in [3.63, 3.8) is 0 Å². The van der Waals surface area contributed by atoms with Crippen LogP contribution in [0.4, 0.5) is 0 Å². The molecule has 0 aliphatic carbocycles. The molecule has 0 saturated heterocycles. The molecule has 1 nitrogen and oxygen atoms in total. The van der Waals surface area contributed by atoms with E-state index in [9.17, 15) is 0 Å². The molecule has 0 amide bonds. The van der Waals surface area contributed by atoms with E-state index in [4.69, 9.17) is 5.26 Å². The van der Waals surface area contributed by atoms with Crippen LogP contribution in [0.25, 0.3) is 10.8 Å². The van der Waals surface area contributed by atoms with Gasteiger partial charge in [0.1, 0.15) is 0 Å². The third-order valence-corrected chi connectivity index (χ3v) is 2.87. The maximum Gasteiger partial charge on any atom is 0.0998 e. The van der Waals surface area contributed by atoms with Gasteiger partial charge in [0.2, 0.25) is 0 Å². The molecule has 0 radical (unpaired) electrons. The predicted octanol–water partition coefficient (Wildman–Crippen LogP) is 4.01. The average Bonchev–Trinajstić information content (AvgIpc) is 2.26. The van der Waals surface area contributed by atoms with Crippen molar-refractivity contribution in [1.29, 1.82) is 5.26 Å². The van der Waals surface area contributed by atoms with Gasteiger partial charge in [-0.3, -0.25) is 0 Å². The van der Waals surface area contributed by atoms with Gasteiger partial charge in [-0.2, -0.15) is 5.26 Å². The Morgan fingerprint density at radius 3 is 2.44 bits per heavy atom. The van der Waals surface area contributed by atoms with Gasteiger partial charge in [0.25, 0.3) is 0 Å². The van der Waals surface area contributed by atoms with E-state index in [1.165, 1.54) is 5.56 Å². The predicted molar refractivity (Wildman–Crippen MR) is 67.4 cm³/mol. The van der Waals surface area contributed by atoms with Crippen molar-refractivity contribution in [3.8, 4) is 6.07 Å². The van der Waals surface area contributed by atoms with Crippen LogP contribution in [0.15, 0.2) is 36.4 Å². The van der Waals surface area contributed by atoms with Crippen LogP contribution < -0.4 is 0 Å². The largest absolute Gasteiger partial charge is 0.192 e. The second kappa shape index (κ2) is 3.64. The van der Waals surface area contributed by atoms with E-state index in [2.05, 4.69) is 51.1 Å². The molecular weight excluding hydrogens is 194 g/mol. The van der Waals surface area contributed by atoms with Crippen molar-refractivity contribution < 1.29 is 0 Å². The van der Waals surface area contributed by atoms with Gasteiger partial charge in [-0.15, -0.1) is 0 Å². The van der Waals surface area contributed by atoms with Gasteiger partial charge < -0.3 is 0 Å². The Kier molecular flexibility index (Phi) is 2.44. The molecule has 0 heterocycles. The Morgan fingerprint density at radius 2 is 1.81 bits per heavy atom. The fourth-order valence-electron chi connectivity index (χ4n) is 1.85. The summed E-state index contributed by atoms with van der Waals surface area (Å²) in [6.45, 7) is 6.59. The number of fused-ring (bicyclic) bond motifs is 1. The highest BCUT2D eigenvalue weighted by molar-refractivity contribution is 5.88. The lowest BCUT2D eigenvalue weighted by molar-refractivity contribution is 0.591. The molecule has 0 N–H and O–H groups in total. The second-order valence-corrected chi connectivity index (χ2v) is 5.10. The van der Waals surface area contributed by atoms with E-state index in [0.717, 1.165) is 16.3 Å². The maximum atomic E-state index is 9.01. The first-order chi connectivity index (χ1) is 7.52. The topological polar surface area (TPSA) is 23.8 Å². The first-order valence-corrected chi connectivity index (χ1v) is 5.46. The molecule has 0 fully saturated rings. The quantitative estimate of drug-likeness (QED) is 0.643. The van der Waals surface area contributed by atoms with Crippen molar-refractivity contribution in [2.75, 3.05) is 0 Å². The van der Waals surface area contributed by atoms with E-state index in [-0.39, 0.29) is 5.41 Å². The summed E-state index contributed by atoms with van der Waals surface area (Å²) in [5.41, 5.74) is 2.20. The number of nitriles is 1. The van der Waals surface area contributed by atoms with Gasteiger partial charge in [0.05, 0.1) is 11.6 Å². The zero-order chi connectivity index (χ0) is 11.8. The molecule has 2 aromatic rings. The molecule has 16 heavy (non-hydrogen) atoms. The third kappa shape index (κ3) is 1.79. The lowest BCUT2D eigenvalue weighted by Crippen LogP contribution is -2.10. The third-order valence-electron chi connectivity index (χ3n) is 2.87. The summed E-state index contributed by atoms with van der Waals surface area (Å²) >= 11 is 0. The van der Waals surface area contributed by atoms with Crippen molar-refractivity contribution >= 4 is 10.8 Å². The van der Waals surface area contributed by atoms with E-state index < -0.39 is 0 Å². The molecule has 0 spiro atoms. The maximum absolute atomic E-state index is 9.01. The molecule has 0 aromatic heterocycles. The molecule has 0 aliphatic heterocycles. The summed E-state index contributed by atoms with van der Waals surface area (Å²) in [6.07, 6.45) is 0. The summed E-state index contributed by atoms with van der Waals surface area (Å²) in [5.74, 6) is 0. The summed E-state index contributed by atoms with van der Waals surface area (Å²) in [6, 6.07) is 14.4. The van der Waals surface area contributed by atoms with Crippen LogP contribution in [-0.2, 0) is 5.41 Å². The number of benzene rings is 2. The highest BCUT2D eigenvalue weighted by atomic mass is 14.2. The van der Waals surface area contributed by atoms with Crippen LogP contribution in [0.5, 0.6) is 0 Å². The molecule has 0 unspecified atom stereocenters. The molecule has 1 heteroatoms. The normalized spacial score (nSPS) is 11.4. The molecule has 2 rings (SSSR count). The minimum atomic E-state index is 0.150. The van der Waals surface area contributed by atoms with Gasteiger partial charge in [-0.1, -0.05) is 51.1 Å². The van der Waals surface area contributed by atoms with Crippen LogP contribution in [0, 0.1) is 11.3 Å². The van der Waals surface area contributed by atoms with E-state index in [0.29, 0.717) is 0 Å². The van der Waals surface area contributed by atoms with E-state index in [1.807, 2.05) is 12.1 Å². The first kappa shape index (κ1) is 10.7. The lowest BCUT2D eigenvalue weighted by Gasteiger charge is -2.19. The smallest absolute Gasteiger partial charge is 0.0998 e. The van der Waals surface area contributed by atoms with Crippen LogP contribution in [0.1, 0.15) is 31.9 Å². The van der Waals surface area contributed by atoms with Crippen molar-refractivity contribution in [1.82, 2.24) is 0 Å². The standard InChI is InChI=1S/C15H15N/c1-15(2,3)13-7-8-14-11(9-13)5-4-6-12(14)10-16/h4-9H,1-3H3. The highest BCUT2D eigenvalue weighted by Crippen LogP contribution is 2.27. The second-order valence-electron chi connectivity index (χ2n) is 5.10. The molecule has 80 valence electrons. The Hall–Kier alpha value is -1.81. The number of hydrogen-bond acceptors (Lipinski definition) is 1. The number of rotatable bonds is 0. The lowest BCUT2D eigenvalue weighted by atomic mass is 9.85. The number of nitrogens with zero attached hydrogens (tertiary/aromatic N) is 1. The molecule has 2 aromatic carbocycles. The fraction of sp³-hybridized carbons (Fsp3) is 0.267.